The smallest absolute Gasteiger partial charge is 0.355 e. The Balaban J connectivity index is 1.71. The predicted molar refractivity (Wildman–Crippen MR) is 62.7 cm³/mol. The lowest BCUT2D eigenvalue weighted by Crippen LogP contribution is -2.10. The molecule has 0 amide bonds. The van der Waals surface area contributed by atoms with Crippen LogP contribution in [0.1, 0.15) is 34.9 Å². The van der Waals surface area contributed by atoms with Crippen LogP contribution in [0.15, 0.2) is 29.2 Å². The Kier molecular flexibility index (Phi) is 2.55. The van der Waals surface area contributed by atoms with Crippen LogP contribution >= 0.6 is 0 Å². The Bertz CT molecular complexity index is 555. The minimum absolute atomic E-state index is 0.151. The zero-order chi connectivity index (χ0) is 12.5. The summed E-state index contributed by atoms with van der Waals surface area (Å²) in [6, 6.07) is 2.04. The van der Waals surface area contributed by atoms with Crippen molar-refractivity contribution in [3.05, 3.63) is 36.0 Å². The van der Waals surface area contributed by atoms with Gasteiger partial charge in [0.2, 0.25) is 0 Å². The van der Waals surface area contributed by atoms with Gasteiger partial charge in [-0.05, 0) is 18.9 Å². The summed E-state index contributed by atoms with van der Waals surface area (Å²) in [6.45, 7) is 0.151. The first-order valence-corrected chi connectivity index (χ1v) is 5.77. The highest BCUT2D eigenvalue weighted by molar-refractivity contribution is 5.89. The van der Waals surface area contributed by atoms with Gasteiger partial charge in [0.1, 0.15) is 18.6 Å². The summed E-state index contributed by atoms with van der Waals surface area (Å²) in [5, 5.41) is 3.54. The van der Waals surface area contributed by atoms with Crippen LogP contribution in [0.5, 0.6) is 0 Å². The Labute approximate surface area is 103 Å². The third-order valence-electron chi connectivity index (χ3n) is 2.87. The van der Waals surface area contributed by atoms with Crippen molar-refractivity contribution in [2.24, 2.45) is 0 Å². The highest BCUT2D eigenvalue weighted by atomic mass is 16.5. The van der Waals surface area contributed by atoms with Crippen molar-refractivity contribution in [2.45, 2.75) is 25.5 Å². The largest absolute Gasteiger partial charge is 0.456 e. The van der Waals surface area contributed by atoms with Gasteiger partial charge >= 0.3 is 5.97 Å². The van der Waals surface area contributed by atoms with Gasteiger partial charge in [-0.1, -0.05) is 5.16 Å². The molecular formula is C12H13N3O3. The van der Waals surface area contributed by atoms with Gasteiger partial charge in [0.05, 0.1) is 11.9 Å². The number of anilines is 1. The van der Waals surface area contributed by atoms with Gasteiger partial charge in [-0.2, -0.15) is 0 Å². The molecule has 1 aliphatic carbocycles. The van der Waals surface area contributed by atoms with Crippen LogP contribution in [0.25, 0.3) is 0 Å². The Morgan fingerprint density at radius 2 is 2.44 bits per heavy atom. The number of ether oxygens (including phenoxy) is 1. The van der Waals surface area contributed by atoms with Crippen LogP contribution in [0.4, 0.5) is 5.69 Å². The molecule has 1 aliphatic rings. The van der Waals surface area contributed by atoms with Crippen LogP contribution in [0, 0.1) is 0 Å². The summed E-state index contributed by atoms with van der Waals surface area (Å²) in [4.78, 5) is 12.0. The number of rotatable bonds is 4. The zero-order valence-electron chi connectivity index (χ0n) is 9.70. The monoisotopic (exact) mass is 247 g/mol. The van der Waals surface area contributed by atoms with Gasteiger partial charge in [0.25, 0.3) is 0 Å². The highest BCUT2D eigenvalue weighted by Crippen LogP contribution is 2.37. The summed E-state index contributed by atoms with van der Waals surface area (Å²) in [7, 11) is 0. The van der Waals surface area contributed by atoms with E-state index in [1.807, 2.05) is 4.57 Å². The Morgan fingerprint density at radius 3 is 3.11 bits per heavy atom. The Morgan fingerprint density at radius 1 is 1.61 bits per heavy atom. The average molecular weight is 247 g/mol. The first-order chi connectivity index (χ1) is 8.74. The second-order valence-electron chi connectivity index (χ2n) is 4.41. The molecule has 94 valence electrons. The molecule has 2 aromatic heterocycles. The molecule has 6 heteroatoms. The molecule has 0 saturated heterocycles. The molecule has 0 bridgehead atoms. The van der Waals surface area contributed by atoms with E-state index in [2.05, 4.69) is 9.68 Å². The van der Waals surface area contributed by atoms with Crippen molar-refractivity contribution in [3.8, 4) is 0 Å². The summed E-state index contributed by atoms with van der Waals surface area (Å²) in [5.41, 5.74) is 7.53. The number of hydrogen-bond donors (Lipinski definition) is 1. The first-order valence-electron chi connectivity index (χ1n) is 5.77. The fourth-order valence-electron chi connectivity index (χ4n) is 1.84. The molecule has 1 saturated carbocycles. The van der Waals surface area contributed by atoms with Crippen LogP contribution in [-0.2, 0) is 11.3 Å². The molecule has 0 radical (unpaired) electrons. The number of hydrogen-bond acceptors (Lipinski definition) is 5. The SMILES string of the molecule is Nc1cc(C(=O)OCc2cnoc2)n(C2CC2)c1. The Hall–Kier alpha value is -2.24. The van der Waals surface area contributed by atoms with E-state index in [1.165, 1.54) is 12.5 Å². The van der Waals surface area contributed by atoms with Gasteiger partial charge < -0.3 is 19.6 Å². The third-order valence-corrected chi connectivity index (χ3v) is 2.87. The number of nitrogens with zero attached hydrogens (tertiary/aromatic N) is 2. The van der Waals surface area contributed by atoms with Crippen molar-refractivity contribution < 1.29 is 14.1 Å². The van der Waals surface area contributed by atoms with Gasteiger partial charge in [0.15, 0.2) is 0 Å². The molecule has 3 rings (SSSR count). The lowest BCUT2D eigenvalue weighted by molar-refractivity contribution is 0.0459. The molecule has 0 unspecified atom stereocenters. The third kappa shape index (κ3) is 2.09. The van der Waals surface area contributed by atoms with Crippen molar-refractivity contribution in [3.63, 3.8) is 0 Å². The van der Waals surface area contributed by atoms with Crippen LogP contribution in [0.3, 0.4) is 0 Å². The van der Waals surface area contributed by atoms with E-state index < -0.39 is 0 Å². The van der Waals surface area contributed by atoms with Crippen LogP contribution in [0.2, 0.25) is 0 Å². The van der Waals surface area contributed by atoms with E-state index in [-0.39, 0.29) is 12.6 Å². The predicted octanol–water partition coefficient (Wildman–Crippen LogP) is 1.75. The molecule has 2 N–H and O–H groups in total. The highest BCUT2D eigenvalue weighted by Gasteiger charge is 2.28. The minimum Gasteiger partial charge on any atom is -0.456 e. The van der Waals surface area contributed by atoms with Crippen molar-refractivity contribution in [2.75, 3.05) is 5.73 Å². The van der Waals surface area contributed by atoms with E-state index in [0.29, 0.717) is 17.4 Å². The molecular weight excluding hydrogens is 234 g/mol. The average Bonchev–Trinajstić information content (AvgIpc) is 2.92. The summed E-state index contributed by atoms with van der Waals surface area (Å²) in [6.07, 6.45) is 6.91. The standard InChI is InChI=1S/C12H13N3O3/c13-9-3-11(15(5-9)10-1-2-10)12(16)17-6-8-4-14-18-7-8/h3-5,7,10H,1-2,6,13H2. The normalized spacial score (nSPS) is 14.7. The van der Waals surface area contributed by atoms with Crippen LogP contribution < -0.4 is 5.73 Å². The van der Waals surface area contributed by atoms with Gasteiger partial charge in [-0.3, -0.25) is 0 Å². The molecule has 0 spiro atoms. The second kappa shape index (κ2) is 4.21. The molecule has 1 fully saturated rings. The van der Waals surface area contributed by atoms with Gasteiger partial charge in [0, 0.05) is 17.8 Å². The molecule has 0 atom stereocenters. The number of nitrogen functional groups attached to an aromatic ring is 1. The van der Waals surface area contributed by atoms with Crippen molar-refractivity contribution in [1.82, 2.24) is 9.72 Å². The quantitative estimate of drug-likeness (QED) is 0.832. The number of carbonyl (C=O) groups is 1. The number of aromatic nitrogens is 2. The molecule has 18 heavy (non-hydrogen) atoms. The topological polar surface area (TPSA) is 83.3 Å². The maximum absolute atomic E-state index is 12.0. The van der Waals surface area contributed by atoms with E-state index >= 15 is 0 Å². The fraction of sp³-hybridized carbons (Fsp3) is 0.333. The zero-order valence-corrected chi connectivity index (χ0v) is 9.70. The van der Waals surface area contributed by atoms with Crippen LogP contribution in [-0.4, -0.2) is 15.7 Å². The van der Waals surface area contributed by atoms with Crippen molar-refractivity contribution >= 4 is 11.7 Å². The van der Waals surface area contributed by atoms with E-state index in [4.69, 9.17) is 10.5 Å². The maximum atomic E-state index is 12.0. The number of carbonyl (C=O) groups excluding carboxylic acids is 1. The van der Waals surface area contributed by atoms with E-state index in [0.717, 1.165) is 18.4 Å². The number of esters is 1. The minimum atomic E-state index is -0.375. The summed E-state index contributed by atoms with van der Waals surface area (Å²) >= 11 is 0. The van der Waals surface area contributed by atoms with E-state index in [9.17, 15) is 4.79 Å². The fourth-order valence-corrected chi connectivity index (χ4v) is 1.84. The van der Waals surface area contributed by atoms with E-state index in [1.54, 1.807) is 12.3 Å². The van der Waals surface area contributed by atoms with Crippen molar-refractivity contribution in [1.29, 1.82) is 0 Å². The molecule has 0 aliphatic heterocycles. The molecule has 0 aromatic carbocycles. The summed E-state index contributed by atoms with van der Waals surface area (Å²) in [5.74, 6) is -0.375. The summed E-state index contributed by atoms with van der Waals surface area (Å²) < 4.78 is 11.7. The maximum Gasteiger partial charge on any atom is 0.355 e. The number of nitrogens with two attached hydrogens (primary N) is 1. The first kappa shape index (κ1) is 10.9. The molecule has 2 aromatic rings. The van der Waals surface area contributed by atoms with Gasteiger partial charge in [-0.25, -0.2) is 4.79 Å². The second-order valence-corrected chi connectivity index (χ2v) is 4.41. The lowest BCUT2D eigenvalue weighted by atomic mass is 10.4. The molecule has 6 nitrogen and oxygen atoms in total. The van der Waals surface area contributed by atoms with Gasteiger partial charge in [-0.15, -0.1) is 0 Å². The lowest BCUT2D eigenvalue weighted by Gasteiger charge is -2.06. The molecule has 2 heterocycles.